The van der Waals surface area contributed by atoms with Crippen LogP contribution < -0.4 is 5.56 Å². The molecule has 0 aliphatic heterocycles. The summed E-state index contributed by atoms with van der Waals surface area (Å²) in [4.78, 5) is 17.1. The standard InChI is InChI=1S/C18H12BrF5N2O2S/c1-28-5-4-26-17(27)9-6-8(19)2-3-11(9)25-18(26)29-7-10-12(20)14(22)16(24)15(23)13(10)21/h2-3,6H,4-5,7H2,1H3. The predicted molar refractivity (Wildman–Crippen MR) is 101 cm³/mol. The summed E-state index contributed by atoms with van der Waals surface area (Å²) in [5, 5.41) is 0.363. The van der Waals surface area contributed by atoms with Crippen molar-refractivity contribution in [3.05, 3.63) is 67.7 Å². The number of nitrogens with zero attached hydrogens (tertiary/aromatic N) is 2. The van der Waals surface area contributed by atoms with E-state index < -0.39 is 46.0 Å². The molecule has 0 N–H and O–H groups in total. The van der Waals surface area contributed by atoms with Gasteiger partial charge in [-0.05, 0) is 18.2 Å². The Balaban J connectivity index is 2.06. The van der Waals surface area contributed by atoms with Crippen molar-refractivity contribution in [2.75, 3.05) is 13.7 Å². The van der Waals surface area contributed by atoms with E-state index in [1.807, 2.05) is 0 Å². The third kappa shape index (κ3) is 4.17. The number of benzene rings is 2. The van der Waals surface area contributed by atoms with Gasteiger partial charge >= 0.3 is 0 Å². The number of ether oxygens (including phenoxy) is 1. The zero-order valence-electron chi connectivity index (χ0n) is 14.7. The van der Waals surface area contributed by atoms with Crippen molar-refractivity contribution in [3.8, 4) is 0 Å². The number of halogens is 6. The maximum absolute atomic E-state index is 13.9. The fourth-order valence-corrected chi connectivity index (χ4v) is 3.96. The lowest BCUT2D eigenvalue weighted by molar-refractivity contribution is 0.183. The van der Waals surface area contributed by atoms with Gasteiger partial charge in [0.2, 0.25) is 5.82 Å². The van der Waals surface area contributed by atoms with E-state index in [4.69, 9.17) is 4.74 Å². The van der Waals surface area contributed by atoms with E-state index in [1.54, 1.807) is 18.2 Å². The molecule has 0 radical (unpaired) electrons. The molecule has 3 rings (SSSR count). The van der Waals surface area contributed by atoms with E-state index in [0.717, 1.165) is 0 Å². The van der Waals surface area contributed by atoms with E-state index in [1.165, 1.54) is 11.7 Å². The van der Waals surface area contributed by atoms with Gasteiger partial charge in [0.05, 0.1) is 24.1 Å². The lowest BCUT2D eigenvalue weighted by Gasteiger charge is -2.14. The topological polar surface area (TPSA) is 44.1 Å². The van der Waals surface area contributed by atoms with Crippen molar-refractivity contribution in [3.63, 3.8) is 0 Å². The van der Waals surface area contributed by atoms with Gasteiger partial charge in [-0.1, -0.05) is 27.7 Å². The average molecular weight is 495 g/mol. The molecular formula is C18H12BrF5N2O2S. The van der Waals surface area contributed by atoms with Crippen LogP contribution in [0.5, 0.6) is 0 Å². The molecule has 0 unspecified atom stereocenters. The number of aromatic nitrogens is 2. The molecule has 0 saturated carbocycles. The summed E-state index contributed by atoms with van der Waals surface area (Å²) in [6.45, 7) is 0.238. The Morgan fingerprint density at radius 1 is 1.07 bits per heavy atom. The van der Waals surface area contributed by atoms with Gasteiger partial charge in [0, 0.05) is 22.9 Å². The van der Waals surface area contributed by atoms with Crippen molar-refractivity contribution in [1.82, 2.24) is 9.55 Å². The highest BCUT2D eigenvalue weighted by Crippen LogP contribution is 2.29. The molecule has 0 aliphatic carbocycles. The molecule has 3 aromatic rings. The van der Waals surface area contributed by atoms with Crippen LogP contribution in [0.1, 0.15) is 5.56 Å². The maximum Gasteiger partial charge on any atom is 0.262 e. The Hall–Kier alpha value is -1.98. The SMILES string of the molecule is COCCn1c(SCc2c(F)c(F)c(F)c(F)c2F)nc2ccc(Br)cc2c1=O. The first-order valence-corrected chi connectivity index (χ1v) is 9.86. The Morgan fingerprint density at radius 3 is 2.31 bits per heavy atom. The Labute approximate surface area is 173 Å². The van der Waals surface area contributed by atoms with Crippen LogP contribution in [0.15, 0.2) is 32.6 Å². The van der Waals surface area contributed by atoms with Gasteiger partial charge in [-0.15, -0.1) is 0 Å². The molecule has 11 heteroatoms. The summed E-state index contributed by atoms with van der Waals surface area (Å²) >= 11 is 3.95. The van der Waals surface area contributed by atoms with Gasteiger partial charge in [-0.2, -0.15) is 0 Å². The van der Waals surface area contributed by atoms with Crippen molar-refractivity contribution >= 4 is 38.6 Å². The molecule has 154 valence electrons. The highest BCUT2D eigenvalue weighted by molar-refractivity contribution is 9.10. The molecule has 1 aromatic heterocycles. The van der Waals surface area contributed by atoms with Gasteiger partial charge in [0.1, 0.15) is 0 Å². The van der Waals surface area contributed by atoms with Crippen molar-refractivity contribution in [2.24, 2.45) is 0 Å². The van der Waals surface area contributed by atoms with Gasteiger partial charge in [0.15, 0.2) is 28.4 Å². The molecule has 0 bridgehead atoms. The summed E-state index contributed by atoms with van der Waals surface area (Å²) in [6.07, 6.45) is 0. The van der Waals surface area contributed by atoms with Crippen LogP contribution in [0.4, 0.5) is 22.0 Å². The highest BCUT2D eigenvalue weighted by atomic mass is 79.9. The summed E-state index contributed by atoms with van der Waals surface area (Å²) in [7, 11) is 1.43. The average Bonchev–Trinajstić information content (AvgIpc) is 2.71. The first kappa shape index (κ1) is 21.7. The molecule has 1 heterocycles. The van der Waals surface area contributed by atoms with Gasteiger partial charge in [-0.3, -0.25) is 9.36 Å². The van der Waals surface area contributed by atoms with Gasteiger partial charge in [-0.25, -0.2) is 26.9 Å². The zero-order chi connectivity index (χ0) is 21.3. The molecule has 0 atom stereocenters. The van der Waals surface area contributed by atoms with E-state index in [-0.39, 0.29) is 18.3 Å². The molecule has 2 aromatic carbocycles. The smallest absolute Gasteiger partial charge is 0.262 e. The van der Waals surface area contributed by atoms with Crippen LogP contribution in [0.25, 0.3) is 10.9 Å². The number of methoxy groups -OCH3 is 1. The van der Waals surface area contributed by atoms with Crippen LogP contribution in [-0.2, 0) is 17.0 Å². The minimum Gasteiger partial charge on any atom is -0.383 e. The number of thioether (sulfide) groups is 1. The van der Waals surface area contributed by atoms with E-state index in [9.17, 15) is 26.7 Å². The van der Waals surface area contributed by atoms with Crippen LogP contribution in [0.3, 0.4) is 0 Å². The first-order chi connectivity index (χ1) is 13.8. The summed E-state index contributed by atoms with van der Waals surface area (Å²) in [5.74, 6) is -10.7. The number of hydrogen-bond donors (Lipinski definition) is 0. The lowest BCUT2D eigenvalue weighted by Crippen LogP contribution is -2.25. The second-order valence-electron chi connectivity index (χ2n) is 5.84. The lowest BCUT2D eigenvalue weighted by atomic mass is 10.2. The summed E-state index contributed by atoms with van der Waals surface area (Å²) in [5.41, 5.74) is -1.09. The molecule has 4 nitrogen and oxygen atoms in total. The van der Waals surface area contributed by atoms with Crippen molar-refractivity contribution < 1.29 is 26.7 Å². The minimum absolute atomic E-state index is 0.0609. The van der Waals surface area contributed by atoms with Gasteiger partial charge in [0.25, 0.3) is 5.56 Å². The predicted octanol–water partition coefficient (Wildman–Crippen LogP) is 4.79. The molecule has 0 spiro atoms. The van der Waals surface area contributed by atoms with Crippen LogP contribution in [-0.4, -0.2) is 23.3 Å². The van der Waals surface area contributed by atoms with Crippen LogP contribution in [0, 0.1) is 29.1 Å². The Kier molecular flexibility index (Phi) is 6.59. The van der Waals surface area contributed by atoms with Crippen LogP contribution >= 0.6 is 27.7 Å². The third-order valence-electron chi connectivity index (χ3n) is 4.05. The fourth-order valence-electron chi connectivity index (χ4n) is 2.58. The molecule has 29 heavy (non-hydrogen) atoms. The second-order valence-corrected chi connectivity index (χ2v) is 7.70. The Morgan fingerprint density at radius 2 is 1.69 bits per heavy atom. The fraction of sp³-hybridized carbons (Fsp3) is 0.222. The van der Waals surface area contributed by atoms with E-state index in [2.05, 4.69) is 20.9 Å². The van der Waals surface area contributed by atoms with Gasteiger partial charge < -0.3 is 4.74 Å². The first-order valence-electron chi connectivity index (χ1n) is 8.08. The molecule has 0 aliphatic rings. The van der Waals surface area contributed by atoms with E-state index in [0.29, 0.717) is 27.1 Å². The molecular weight excluding hydrogens is 483 g/mol. The highest BCUT2D eigenvalue weighted by Gasteiger charge is 2.26. The van der Waals surface area contributed by atoms with Crippen molar-refractivity contribution in [2.45, 2.75) is 17.5 Å². The minimum atomic E-state index is -2.22. The molecule has 0 amide bonds. The van der Waals surface area contributed by atoms with Crippen molar-refractivity contribution in [1.29, 1.82) is 0 Å². The Bertz CT molecular complexity index is 1130. The zero-order valence-corrected chi connectivity index (χ0v) is 17.1. The number of hydrogen-bond acceptors (Lipinski definition) is 4. The normalized spacial score (nSPS) is 11.4. The second kappa shape index (κ2) is 8.80. The monoisotopic (exact) mass is 494 g/mol. The quantitative estimate of drug-likeness (QED) is 0.162. The third-order valence-corrected chi connectivity index (χ3v) is 5.54. The maximum atomic E-state index is 13.9. The largest absolute Gasteiger partial charge is 0.383 e. The molecule has 0 fully saturated rings. The summed E-state index contributed by atoms with van der Waals surface area (Å²) < 4.78 is 74.8. The van der Waals surface area contributed by atoms with E-state index >= 15 is 0 Å². The van der Waals surface area contributed by atoms with Crippen LogP contribution in [0.2, 0.25) is 0 Å². The number of rotatable bonds is 6. The summed E-state index contributed by atoms with van der Waals surface area (Å²) in [6, 6.07) is 4.81. The molecule has 0 saturated heterocycles. The number of fused-ring (bicyclic) bond motifs is 1.